The van der Waals surface area contributed by atoms with Crippen LogP contribution < -0.4 is 9.64 Å². The Kier molecular flexibility index (Phi) is 3.92. The van der Waals surface area contributed by atoms with Gasteiger partial charge in [-0.2, -0.15) is 5.10 Å². The van der Waals surface area contributed by atoms with E-state index in [0.29, 0.717) is 11.4 Å². The molecule has 0 spiro atoms. The molecule has 2 heterocycles. The van der Waals surface area contributed by atoms with Gasteiger partial charge in [-0.15, -0.1) is 13.2 Å². The Balaban J connectivity index is 1.86. The van der Waals surface area contributed by atoms with Gasteiger partial charge in [-0.3, -0.25) is 4.68 Å². The maximum Gasteiger partial charge on any atom is 0.573 e. The summed E-state index contributed by atoms with van der Waals surface area (Å²) in [5.41, 5.74) is 3.24. The standard InChI is InChI=1S/C17H14F3N3O/c1-12-3-4-13(14-9-21-22(2)10-14)11-23(12)15-5-7-16(8-6-15)24-17(18,19)20/h3-11H,1H2,2H3. The monoisotopic (exact) mass is 333 g/mol. The Labute approximate surface area is 136 Å². The van der Waals surface area contributed by atoms with E-state index < -0.39 is 6.36 Å². The Bertz CT molecular complexity index is 816. The highest BCUT2D eigenvalue weighted by molar-refractivity contribution is 5.80. The van der Waals surface area contributed by atoms with E-state index in [-0.39, 0.29) is 5.75 Å². The highest BCUT2D eigenvalue weighted by atomic mass is 19.4. The number of aromatic nitrogens is 2. The summed E-state index contributed by atoms with van der Waals surface area (Å²) in [6, 6.07) is 5.63. The zero-order valence-corrected chi connectivity index (χ0v) is 12.8. The first-order valence-electron chi connectivity index (χ1n) is 7.05. The second-order valence-corrected chi connectivity index (χ2v) is 5.22. The van der Waals surface area contributed by atoms with Crippen LogP contribution in [0.4, 0.5) is 18.9 Å². The first-order valence-corrected chi connectivity index (χ1v) is 7.05. The predicted molar refractivity (Wildman–Crippen MR) is 85.1 cm³/mol. The smallest absolute Gasteiger partial charge is 0.406 e. The van der Waals surface area contributed by atoms with Crippen molar-refractivity contribution in [2.45, 2.75) is 6.36 Å². The van der Waals surface area contributed by atoms with E-state index in [2.05, 4.69) is 16.4 Å². The average Bonchev–Trinajstić information content (AvgIpc) is 2.94. The van der Waals surface area contributed by atoms with Crippen molar-refractivity contribution in [2.24, 2.45) is 7.05 Å². The van der Waals surface area contributed by atoms with Crippen LogP contribution in [0.3, 0.4) is 0 Å². The summed E-state index contributed by atoms with van der Waals surface area (Å²) in [5.74, 6) is -0.263. The Hall–Kier alpha value is -2.96. The van der Waals surface area contributed by atoms with Crippen LogP contribution in [0.1, 0.15) is 5.56 Å². The van der Waals surface area contributed by atoms with Crippen molar-refractivity contribution in [3.63, 3.8) is 0 Å². The van der Waals surface area contributed by atoms with E-state index in [1.54, 1.807) is 27.9 Å². The van der Waals surface area contributed by atoms with E-state index in [4.69, 9.17) is 0 Å². The molecule has 0 unspecified atom stereocenters. The number of halogens is 3. The molecule has 0 amide bonds. The van der Waals surface area contributed by atoms with Gasteiger partial charge < -0.3 is 9.64 Å². The predicted octanol–water partition coefficient (Wildman–Crippen LogP) is 4.25. The van der Waals surface area contributed by atoms with Crippen LogP contribution in [0.15, 0.2) is 67.3 Å². The van der Waals surface area contributed by atoms with Crippen molar-refractivity contribution in [3.8, 4) is 5.75 Å². The highest BCUT2D eigenvalue weighted by Crippen LogP contribution is 2.30. The lowest BCUT2D eigenvalue weighted by molar-refractivity contribution is -0.274. The molecule has 0 fully saturated rings. The molecule has 1 aliphatic heterocycles. The summed E-state index contributed by atoms with van der Waals surface area (Å²) >= 11 is 0. The fourth-order valence-corrected chi connectivity index (χ4v) is 2.32. The molecule has 0 atom stereocenters. The lowest BCUT2D eigenvalue weighted by atomic mass is 10.1. The molecule has 7 heteroatoms. The molecule has 0 radical (unpaired) electrons. The van der Waals surface area contributed by atoms with Crippen LogP contribution >= 0.6 is 0 Å². The van der Waals surface area contributed by atoms with Gasteiger partial charge >= 0.3 is 6.36 Å². The molecular weight excluding hydrogens is 319 g/mol. The molecular formula is C17H14F3N3O. The first kappa shape index (κ1) is 15.9. The minimum atomic E-state index is -4.70. The average molecular weight is 333 g/mol. The van der Waals surface area contributed by atoms with Crippen molar-refractivity contribution >= 4 is 11.3 Å². The van der Waals surface area contributed by atoms with Crippen LogP contribution in [0.25, 0.3) is 5.57 Å². The Morgan fingerprint density at radius 3 is 2.42 bits per heavy atom. The normalized spacial score (nSPS) is 14.8. The van der Waals surface area contributed by atoms with Crippen LogP contribution in [0.5, 0.6) is 5.75 Å². The van der Waals surface area contributed by atoms with Crippen molar-refractivity contribution in [2.75, 3.05) is 4.90 Å². The highest BCUT2D eigenvalue weighted by Gasteiger charge is 2.31. The number of allylic oxidation sites excluding steroid dienone is 3. The van der Waals surface area contributed by atoms with Crippen molar-refractivity contribution in [1.82, 2.24) is 9.78 Å². The summed E-state index contributed by atoms with van der Waals surface area (Å²) in [5, 5.41) is 4.13. The van der Waals surface area contributed by atoms with Gasteiger partial charge in [0.25, 0.3) is 0 Å². The van der Waals surface area contributed by atoms with Gasteiger partial charge in [0, 0.05) is 42.0 Å². The Morgan fingerprint density at radius 1 is 1.12 bits per heavy atom. The molecule has 4 nitrogen and oxygen atoms in total. The Morgan fingerprint density at radius 2 is 1.83 bits per heavy atom. The van der Waals surface area contributed by atoms with Crippen molar-refractivity contribution in [1.29, 1.82) is 0 Å². The molecule has 0 saturated carbocycles. The number of ether oxygens (including phenoxy) is 1. The van der Waals surface area contributed by atoms with E-state index in [9.17, 15) is 13.2 Å². The third-order valence-corrected chi connectivity index (χ3v) is 3.42. The number of anilines is 1. The number of hydrogen-bond donors (Lipinski definition) is 0. The lowest BCUT2D eigenvalue weighted by Gasteiger charge is -2.25. The van der Waals surface area contributed by atoms with Crippen LogP contribution in [0, 0.1) is 0 Å². The summed E-state index contributed by atoms with van der Waals surface area (Å²) in [4.78, 5) is 1.79. The fourth-order valence-electron chi connectivity index (χ4n) is 2.32. The SMILES string of the molecule is C=C1C=CC(c2cnn(C)c2)=CN1c1ccc(OC(F)(F)F)cc1. The van der Waals surface area contributed by atoms with Gasteiger partial charge in [0.05, 0.1) is 6.20 Å². The summed E-state index contributed by atoms with van der Waals surface area (Å²) in [6.45, 7) is 3.95. The maximum atomic E-state index is 12.2. The van der Waals surface area contributed by atoms with Crippen molar-refractivity contribution < 1.29 is 17.9 Å². The van der Waals surface area contributed by atoms with E-state index in [1.807, 2.05) is 31.6 Å². The zero-order chi connectivity index (χ0) is 17.3. The van der Waals surface area contributed by atoms with Gasteiger partial charge in [-0.25, -0.2) is 0 Å². The minimum absolute atomic E-state index is 0.263. The number of hydrogen-bond acceptors (Lipinski definition) is 3. The minimum Gasteiger partial charge on any atom is -0.406 e. The van der Waals surface area contributed by atoms with E-state index in [1.165, 1.54) is 12.1 Å². The quantitative estimate of drug-likeness (QED) is 0.841. The summed E-state index contributed by atoms with van der Waals surface area (Å²) < 4.78 is 42.3. The lowest BCUT2D eigenvalue weighted by Crippen LogP contribution is -2.18. The molecule has 124 valence electrons. The van der Waals surface area contributed by atoms with E-state index in [0.717, 1.165) is 11.1 Å². The van der Waals surface area contributed by atoms with Crippen molar-refractivity contribution in [3.05, 3.63) is 72.9 Å². The molecule has 2 aromatic rings. The molecule has 0 N–H and O–H groups in total. The second-order valence-electron chi connectivity index (χ2n) is 5.22. The molecule has 1 aromatic heterocycles. The molecule has 1 aliphatic rings. The molecule has 0 aliphatic carbocycles. The molecule has 0 saturated heterocycles. The fraction of sp³-hybridized carbons (Fsp3) is 0.118. The number of benzene rings is 1. The molecule has 0 bridgehead atoms. The van der Waals surface area contributed by atoms with E-state index >= 15 is 0 Å². The largest absolute Gasteiger partial charge is 0.573 e. The number of alkyl halides is 3. The van der Waals surface area contributed by atoms with Gasteiger partial charge in [-0.05, 0) is 30.3 Å². The molecule has 24 heavy (non-hydrogen) atoms. The molecule has 1 aromatic carbocycles. The van der Waals surface area contributed by atoms with Gasteiger partial charge in [-0.1, -0.05) is 12.7 Å². The number of aryl methyl sites for hydroxylation is 1. The number of rotatable bonds is 3. The molecule has 3 rings (SSSR count). The topological polar surface area (TPSA) is 30.3 Å². The van der Waals surface area contributed by atoms with Crippen LogP contribution in [-0.2, 0) is 7.05 Å². The van der Waals surface area contributed by atoms with Gasteiger partial charge in [0.15, 0.2) is 0 Å². The third-order valence-electron chi connectivity index (χ3n) is 3.42. The van der Waals surface area contributed by atoms with Gasteiger partial charge in [0.2, 0.25) is 0 Å². The maximum absolute atomic E-state index is 12.2. The first-order chi connectivity index (χ1) is 11.3. The third kappa shape index (κ3) is 3.51. The van der Waals surface area contributed by atoms with Crippen LogP contribution in [0.2, 0.25) is 0 Å². The number of nitrogens with zero attached hydrogens (tertiary/aromatic N) is 3. The van der Waals surface area contributed by atoms with Crippen LogP contribution in [-0.4, -0.2) is 16.1 Å². The summed E-state index contributed by atoms with van der Waals surface area (Å²) in [7, 11) is 1.83. The zero-order valence-electron chi connectivity index (χ0n) is 12.8. The van der Waals surface area contributed by atoms with Gasteiger partial charge in [0.1, 0.15) is 5.75 Å². The second kappa shape index (κ2) is 5.92. The summed E-state index contributed by atoms with van der Waals surface area (Å²) in [6.07, 6.45) is 4.52.